The van der Waals surface area contributed by atoms with E-state index >= 15 is 0 Å². The third-order valence-corrected chi connectivity index (χ3v) is 5.52. The second-order valence-corrected chi connectivity index (χ2v) is 7.36. The van der Waals surface area contributed by atoms with Crippen molar-refractivity contribution in [2.75, 3.05) is 19.6 Å². The maximum atomic E-state index is 12.2. The van der Waals surface area contributed by atoms with Crippen molar-refractivity contribution in [3.8, 4) is 0 Å². The summed E-state index contributed by atoms with van der Waals surface area (Å²) in [6.07, 6.45) is -2.17. The van der Waals surface area contributed by atoms with Crippen LogP contribution in [0.2, 0.25) is 0 Å². The Morgan fingerprint density at radius 2 is 1.89 bits per heavy atom. The Morgan fingerprint density at radius 1 is 1.21 bits per heavy atom. The summed E-state index contributed by atoms with van der Waals surface area (Å²) in [5.74, 6) is 0. The molecular weight excluding hydrogens is 281 g/mol. The fraction of sp³-hybridized carbons (Fsp3) is 1.00. The fourth-order valence-electron chi connectivity index (χ4n) is 2.35. The van der Waals surface area contributed by atoms with E-state index in [4.69, 9.17) is 0 Å². The fourth-order valence-corrected chi connectivity index (χ4v) is 3.95. The van der Waals surface area contributed by atoms with Crippen molar-refractivity contribution in [1.29, 1.82) is 0 Å². The van der Waals surface area contributed by atoms with Crippen LogP contribution in [0.15, 0.2) is 0 Å². The number of nitrogens with zero attached hydrogens (tertiary/aromatic N) is 1. The first kappa shape index (κ1) is 15.1. The van der Waals surface area contributed by atoms with Crippen molar-refractivity contribution in [2.24, 2.45) is 0 Å². The van der Waals surface area contributed by atoms with Gasteiger partial charge >= 0.3 is 6.18 Å². The number of nitrogens with one attached hydrogen (secondary N) is 1. The second kappa shape index (κ2) is 5.57. The van der Waals surface area contributed by atoms with Crippen LogP contribution in [0.5, 0.6) is 0 Å². The molecule has 1 unspecified atom stereocenters. The Balaban J connectivity index is 1.80. The summed E-state index contributed by atoms with van der Waals surface area (Å²) in [4.78, 5) is 1.69. The van der Waals surface area contributed by atoms with E-state index in [0.717, 1.165) is 6.42 Å². The highest BCUT2D eigenvalue weighted by molar-refractivity contribution is 7.90. The van der Waals surface area contributed by atoms with E-state index in [-0.39, 0.29) is 17.8 Å². The predicted molar refractivity (Wildman–Crippen MR) is 65.2 cm³/mol. The van der Waals surface area contributed by atoms with Crippen LogP contribution in [0.25, 0.3) is 0 Å². The van der Waals surface area contributed by atoms with Gasteiger partial charge in [-0.3, -0.25) is 0 Å². The largest absolute Gasteiger partial charge is 0.390 e. The molecule has 0 amide bonds. The van der Waals surface area contributed by atoms with Gasteiger partial charge in [0.05, 0.1) is 11.7 Å². The summed E-state index contributed by atoms with van der Waals surface area (Å²) >= 11 is 0. The van der Waals surface area contributed by atoms with Crippen molar-refractivity contribution >= 4 is 10.0 Å². The molecule has 1 N–H and O–H groups in total. The monoisotopic (exact) mass is 300 g/mol. The van der Waals surface area contributed by atoms with E-state index in [1.54, 1.807) is 4.90 Å². The minimum Gasteiger partial charge on any atom is -0.301 e. The molecule has 0 aromatic rings. The SMILES string of the molecule is O=S(=O)(NC1CCCN(CCC(F)(F)F)C1)C1CC1. The van der Waals surface area contributed by atoms with Gasteiger partial charge in [-0.2, -0.15) is 13.2 Å². The smallest absolute Gasteiger partial charge is 0.301 e. The number of alkyl halides is 3. The van der Waals surface area contributed by atoms with E-state index in [2.05, 4.69) is 4.72 Å². The van der Waals surface area contributed by atoms with Gasteiger partial charge in [0.25, 0.3) is 0 Å². The van der Waals surface area contributed by atoms with Crippen LogP contribution in [0.3, 0.4) is 0 Å². The number of hydrogen-bond donors (Lipinski definition) is 1. The minimum absolute atomic E-state index is 0.0504. The lowest BCUT2D eigenvalue weighted by Gasteiger charge is -2.33. The van der Waals surface area contributed by atoms with Crippen molar-refractivity contribution in [3.05, 3.63) is 0 Å². The molecule has 1 saturated heterocycles. The van der Waals surface area contributed by atoms with Gasteiger partial charge in [0, 0.05) is 19.1 Å². The summed E-state index contributed by atoms with van der Waals surface area (Å²) in [6.45, 7) is 0.935. The van der Waals surface area contributed by atoms with E-state index in [9.17, 15) is 21.6 Å². The number of sulfonamides is 1. The molecule has 2 rings (SSSR count). The molecule has 1 aliphatic heterocycles. The quantitative estimate of drug-likeness (QED) is 0.837. The highest BCUT2D eigenvalue weighted by Crippen LogP contribution is 2.28. The zero-order valence-corrected chi connectivity index (χ0v) is 11.4. The molecule has 0 bridgehead atoms. The highest BCUT2D eigenvalue weighted by Gasteiger charge is 2.38. The van der Waals surface area contributed by atoms with Crippen molar-refractivity contribution < 1.29 is 21.6 Å². The number of hydrogen-bond acceptors (Lipinski definition) is 3. The number of piperidine rings is 1. The molecule has 2 aliphatic rings. The molecule has 1 aliphatic carbocycles. The van der Waals surface area contributed by atoms with Crippen LogP contribution in [0.1, 0.15) is 32.1 Å². The van der Waals surface area contributed by atoms with Crippen LogP contribution in [-0.4, -0.2) is 50.4 Å². The van der Waals surface area contributed by atoms with E-state index < -0.39 is 22.6 Å². The zero-order valence-electron chi connectivity index (χ0n) is 10.6. The Bertz CT molecular complexity index is 407. The first-order chi connectivity index (χ1) is 8.76. The van der Waals surface area contributed by atoms with Gasteiger partial charge in [0.2, 0.25) is 10.0 Å². The van der Waals surface area contributed by atoms with Crippen LogP contribution in [-0.2, 0) is 10.0 Å². The summed E-state index contributed by atoms with van der Waals surface area (Å²) in [7, 11) is -3.25. The Morgan fingerprint density at radius 3 is 2.47 bits per heavy atom. The number of likely N-dealkylation sites (tertiary alicyclic amines) is 1. The van der Waals surface area contributed by atoms with Crippen LogP contribution in [0.4, 0.5) is 13.2 Å². The van der Waals surface area contributed by atoms with Gasteiger partial charge in [-0.15, -0.1) is 0 Å². The first-order valence-corrected chi connectivity index (χ1v) is 8.11. The molecule has 19 heavy (non-hydrogen) atoms. The molecule has 0 spiro atoms. The molecule has 2 fully saturated rings. The summed E-state index contributed by atoms with van der Waals surface area (Å²) in [6, 6.07) is -0.243. The lowest BCUT2D eigenvalue weighted by atomic mass is 10.1. The average Bonchev–Trinajstić information content (AvgIpc) is 3.09. The van der Waals surface area contributed by atoms with E-state index in [0.29, 0.717) is 32.4 Å². The highest BCUT2D eigenvalue weighted by atomic mass is 32.2. The molecule has 0 aromatic carbocycles. The van der Waals surface area contributed by atoms with E-state index in [1.807, 2.05) is 0 Å². The molecular formula is C11H19F3N2O2S. The maximum Gasteiger partial charge on any atom is 0.390 e. The van der Waals surface area contributed by atoms with Crippen LogP contribution >= 0.6 is 0 Å². The molecule has 1 saturated carbocycles. The molecule has 8 heteroatoms. The molecule has 1 atom stereocenters. The molecule has 112 valence electrons. The summed E-state index contributed by atoms with van der Waals surface area (Å²) in [5.41, 5.74) is 0. The normalized spacial score (nSPS) is 26.6. The predicted octanol–water partition coefficient (Wildman–Crippen LogP) is 1.49. The standard InChI is InChI=1S/C11H19F3N2O2S/c12-11(13,14)5-7-16-6-1-2-9(8-16)15-19(17,18)10-3-4-10/h9-10,15H,1-8H2. The maximum absolute atomic E-state index is 12.2. The van der Waals surface area contributed by atoms with Gasteiger partial charge < -0.3 is 4.90 Å². The van der Waals surface area contributed by atoms with Crippen LogP contribution in [0, 0.1) is 0 Å². The minimum atomic E-state index is -4.15. The van der Waals surface area contributed by atoms with Crippen LogP contribution < -0.4 is 4.72 Å². The average molecular weight is 300 g/mol. The topological polar surface area (TPSA) is 49.4 Å². The Kier molecular flexibility index (Phi) is 4.42. The molecule has 0 aromatic heterocycles. The van der Waals surface area contributed by atoms with Gasteiger partial charge in [0.1, 0.15) is 0 Å². The van der Waals surface area contributed by atoms with Crippen molar-refractivity contribution in [3.63, 3.8) is 0 Å². The molecule has 4 nitrogen and oxygen atoms in total. The number of halogens is 3. The third kappa shape index (κ3) is 4.92. The Labute approximate surface area is 111 Å². The lowest BCUT2D eigenvalue weighted by molar-refractivity contribution is -0.138. The first-order valence-electron chi connectivity index (χ1n) is 6.56. The van der Waals surface area contributed by atoms with Crippen molar-refractivity contribution in [1.82, 2.24) is 9.62 Å². The summed E-state index contributed by atoms with van der Waals surface area (Å²) < 4.78 is 62.6. The molecule has 1 heterocycles. The third-order valence-electron chi connectivity index (χ3n) is 3.51. The van der Waals surface area contributed by atoms with Gasteiger partial charge in [-0.1, -0.05) is 0 Å². The summed E-state index contributed by atoms with van der Waals surface area (Å²) in [5, 5.41) is -0.280. The second-order valence-electron chi connectivity index (χ2n) is 5.37. The lowest BCUT2D eigenvalue weighted by Crippen LogP contribution is -2.49. The molecule has 0 radical (unpaired) electrons. The Hall–Kier alpha value is -0.340. The zero-order chi connectivity index (χ0) is 14.1. The van der Waals surface area contributed by atoms with E-state index in [1.165, 1.54) is 0 Å². The van der Waals surface area contributed by atoms with Crippen molar-refractivity contribution in [2.45, 2.75) is 49.6 Å². The van der Waals surface area contributed by atoms with Gasteiger partial charge in [-0.25, -0.2) is 13.1 Å². The van der Waals surface area contributed by atoms with Gasteiger partial charge in [-0.05, 0) is 32.2 Å². The van der Waals surface area contributed by atoms with Gasteiger partial charge in [0.15, 0.2) is 0 Å². The number of rotatable bonds is 5.